The molecule has 0 saturated carbocycles. The van der Waals surface area contributed by atoms with Gasteiger partial charge in [0.25, 0.3) is 5.91 Å². The van der Waals surface area contributed by atoms with Crippen LogP contribution in [0.25, 0.3) is 0 Å². The molecule has 0 saturated heterocycles. The van der Waals surface area contributed by atoms with E-state index in [9.17, 15) is 9.59 Å². The van der Waals surface area contributed by atoms with Gasteiger partial charge < -0.3 is 30.2 Å². The van der Waals surface area contributed by atoms with Crippen LogP contribution in [0.4, 0.5) is 10.5 Å². The molecule has 30 heavy (non-hydrogen) atoms. The molecule has 3 amide bonds. The minimum Gasteiger partial charge on any atom is -0.493 e. The molecule has 8 nitrogen and oxygen atoms in total. The van der Waals surface area contributed by atoms with E-state index in [-0.39, 0.29) is 5.91 Å². The quantitative estimate of drug-likeness (QED) is 0.678. The Balaban J connectivity index is 2.04. The molecule has 0 spiro atoms. The van der Waals surface area contributed by atoms with Crippen molar-refractivity contribution in [2.24, 2.45) is 0 Å². The van der Waals surface area contributed by atoms with Crippen molar-refractivity contribution in [2.75, 3.05) is 26.6 Å². The van der Waals surface area contributed by atoms with Crippen molar-refractivity contribution in [3.05, 3.63) is 58.8 Å². The minimum absolute atomic E-state index is 0.329. The summed E-state index contributed by atoms with van der Waals surface area (Å²) in [4.78, 5) is 25.3. The molecule has 0 radical (unpaired) electrons. The molecule has 1 atom stereocenters. The average molecular weight is 411 g/mol. The molecule has 1 heterocycles. The fraction of sp³-hybridized carbons (Fsp3) is 0.273. The maximum atomic E-state index is 13.2. The van der Waals surface area contributed by atoms with Gasteiger partial charge in [0, 0.05) is 11.4 Å². The molecule has 0 aromatic heterocycles. The van der Waals surface area contributed by atoms with Gasteiger partial charge in [-0.2, -0.15) is 0 Å². The Labute approximate surface area is 175 Å². The van der Waals surface area contributed by atoms with Crippen molar-refractivity contribution >= 4 is 17.6 Å². The number of carbonyl (C=O) groups excluding carboxylic acids is 2. The number of benzene rings is 2. The molecular weight excluding hydrogens is 386 g/mol. The second-order valence-corrected chi connectivity index (χ2v) is 6.85. The van der Waals surface area contributed by atoms with Gasteiger partial charge in [0.15, 0.2) is 11.5 Å². The third-order valence-electron chi connectivity index (χ3n) is 4.81. The zero-order valence-corrected chi connectivity index (χ0v) is 17.6. The molecule has 2 aromatic rings. The first-order valence-electron chi connectivity index (χ1n) is 9.34. The van der Waals surface area contributed by atoms with Gasteiger partial charge in [-0.05, 0) is 49.2 Å². The summed E-state index contributed by atoms with van der Waals surface area (Å²) in [7, 11) is 4.53. The summed E-state index contributed by atoms with van der Waals surface area (Å²) in [5, 5.41) is 8.38. The lowest BCUT2D eigenvalue weighted by Gasteiger charge is -2.29. The van der Waals surface area contributed by atoms with Crippen LogP contribution in [0.15, 0.2) is 47.7 Å². The summed E-state index contributed by atoms with van der Waals surface area (Å²) in [6, 6.07) is 9.80. The SMILES string of the molecule is COc1cc(C2NC(=O)NC(C)=C2C(=O)Nc2cccc(C)c2)cc(OC)c1OC. The molecule has 1 aliphatic heterocycles. The number of carbonyl (C=O) groups is 2. The van der Waals surface area contributed by atoms with Crippen LogP contribution in [0.5, 0.6) is 17.2 Å². The van der Waals surface area contributed by atoms with Crippen LogP contribution in [-0.2, 0) is 4.79 Å². The molecule has 2 aromatic carbocycles. The highest BCUT2D eigenvalue weighted by Gasteiger charge is 2.32. The van der Waals surface area contributed by atoms with E-state index in [1.165, 1.54) is 21.3 Å². The van der Waals surface area contributed by atoms with Gasteiger partial charge in [0.05, 0.1) is 32.9 Å². The number of rotatable bonds is 6. The van der Waals surface area contributed by atoms with Crippen molar-refractivity contribution in [2.45, 2.75) is 19.9 Å². The van der Waals surface area contributed by atoms with Gasteiger partial charge in [-0.15, -0.1) is 0 Å². The standard InChI is InChI=1S/C22H25N3O5/c1-12-7-6-8-15(9-12)24-21(26)18-13(2)23-22(27)25-19(18)14-10-16(28-3)20(30-5)17(11-14)29-4/h6-11,19H,1-5H3,(H,24,26)(H2,23,25,27). The van der Waals surface area contributed by atoms with Crippen molar-refractivity contribution in [3.63, 3.8) is 0 Å². The van der Waals surface area contributed by atoms with E-state index in [0.717, 1.165) is 5.56 Å². The molecule has 3 N–H and O–H groups in total. The summed E-state index contributed by atoms with van der Waals surface area (Å²) < 4.78 is 16.2. The fourth-order valence-electron chi connectivity index (χ4n) is 3.43. The Kier molecular flexibility index (Phi) is 6.15. The molecule has 1 unspecified atom stereocenters. The summed E-state index contributed by atoms with van der Waals surface area (Å²) in [5.41, 5.74) is 3.15. The number of urea groups is 1. The van der Waals surface area contributed by atoms with Crippen LogP contribution in [0, 0.1) is 6.92 Å². The third kappa shape index (κ3) is 4.17. The van der Waals surface area contributed by atoms with Crippen molar-refractivity contribution in [3.8, 4) is 17.2 Å². The van der Waals surface area contributed by atoms with Gasteiger partial charge in [-0.3, -0.25) is 4.79 Å². The van der Waals surface area contributed by atoms with E-state index in [2.05, 4.69) is 16.0 Å². The lowest BCUT2D eigenvalue weighted by Crippen LogP contribution is -2.46. The predicted octanol–water partition coefficient (Wildman–Crippen LogP) is 3.29. The number of nitrogens with one attached hydrogen (secondary N) is 3. The molecule has 0 aliphatic carbocycles. The number of methoxy groups -OCH3 is 3. The topological polar surface area (TPSA) is 97.9 Å². The first-order valence-corrected chi connectivity index (χ1v) is 9.34. The number of ether oxygens (including phenoxy) is 3. The van der Waals surface area contributed by atoms with Crippen molar-refractivity contribution < 1.29 is 23.8 Å². The van der Waals surface area contributed by atoms with E-state index in [0.29, 0.717) is 39.8 Å². The number of amides is 3. The third-order valence-corrected chi connectivity index (χ3v) is 4.81. The van der Waals surface area contributed by atoms with Gasteiger partial charge in [-0.1, -0.05) is 12.1 Å². The lowest BCUT2D eigenvalue weighted by atomic mass is 9.94. The summed E-state index contributed by atoms with van der Waals surface area (Å²) in [6.45, 7) is 3.64. The summed E-state index contributed by atoms with van der Waals surface area (Å²) >= 11 is 0. The highest BCUT2D eigenvalue weighted by molar-refractivity contribution is 6.06. The molecule has 1 aliphatic rings. The molecule has 8 heteroatoms. The molecule has 0 fully saturated rings. The Morgan fingerprint density at radius 3 is 2.23 bits per heavy atom. The number of hydrogen-bond donors (Lipinski definition) is 3. The lowest BCUT2D eigenvalue weighted by molar-refractivity contribution is -0.113. The maximum absolute atomic E-state index is 13.2. The van der Waals surface area contributed by atoms with Crippen LogP contribution in [0.2, 0.25) is 0 Å². The van der Waals surface area contributed by atoms with E-state index in [1.54, 1.807) is 19.1 Å². The highest BCUT2D eigenvalue weighted by Crippen LogP contribution is 2.41. The Hall–Kier alpha value is -3.68. The maximum Gasteiger partial charge on any atom is 0.319 e. The smallest absolute Gasteiger partial charge is 0.319 e. The normalized spacial score (nSPS) is 15.8. The number of hydrogen-bond acceptors (Lipinski definition) is 5. The van der Waals surface area contributed by atoms with Crippen LogP contribution in [-0.4, -0.2) is 33.3 Å². The van der Waals surface area contributed by atoms with E-state index < -0.39 is 12.1 Å². The van der Waals surface area contributed by atoms with Crippen molar-refractivity contribution in [1.29, 1.82) is 0 Å². The Bertz CT molecular complexity index is 991. The zero-order valence-electron chi connectivity index (χ0n) is 17.6. The van der Waals surface area contributed by atoms with Gasteiger partial charge >= 0.3 is 6.03 Å². The van der Waals surface area contributed by atoms with Crippen LogP contribution in [0.1, 0.15) is 24.1 Å². The Morgan fingerprint density at radius 1 is 1.00 bits per heavy atom. The summed E-state index contributed by atoms with van der Waals surface area (Å²) in [5.74, 6) is 0.950. The van der Waals surface area contributed by atoms with Gasteiger partial charge in [-0.25, -0.2) is 4.79 Å². The second kappa shape index (κ2) is 8.77. The zero-order chi connectivity index (χ0) is 21.8. The number of allylic oxidation sites excluding steroid dienone is 1. The van der Waals surface area contributed by atoms with Crippen LogP contribution in [0.3, 0.4) is 0 Å². The predicted molar refractivity (Wildman–Crippen MR) is 113 cm³/mol. The van der Waals surface area contributed by atoms with Gasteiger partial charge in [0.1, 0.15) is 0 Å². The molecule has 158 valence electrons. The fourth-order valence-corrected chi connectivity index (χ4v) is 3.43. The number of anilines is 1. The molecule has 3 rings (SSSR count). The van der Waals surface area contributed by atoms with Crippen LogP contribution < -0.4 is 30.2 Å². The molecular formula is C22H25N3O5. The second-order valence-electron chi connectivity index (χ2n) is 6.85. The van der Waals surface area contributed by atoms with E-state index in [1.807, 2.05) is 31.2 Å². The number of aryl methyl sites for hydroxylation is 1. The highest BCUT2D eigenvalue weighted by atomic mass is 16.5. The average Bonchev–Trinajstić information content (AvgIpc) is 2.71. The van der Waals surface area contributed by atoms with Gasteiger partial charge in [0.2, 0.25) is 5.75 Å². The van der Waals surface area contributed by atoms with E-state index in [4.69, 9.17) is 14.2 Å². The molecule has 0 bridgehead atoms. The van der Waals surface area contributed by atoms with E-state index >= 15 is 0 Å². The monoisotopic (exact) mass is 411 g/mol. The first kappa shape index (κ1) is 21.0. The van der Waals surface area contributed by atoms with Crippen LogP contribution >= 0.6 is 0 Å². The first-order chi connectivity index (χ1) is 14.4. The minimum atomic E-state index is -0.711. The summed E-state index contributed by atoms with van der Waals surface area (Å²) in [6.07, 6.45) is 0. The largest absolute Gasteiger partial charge is 0.493 e. The Morgan fingerprint density at radius 2 is 1.67 bits per heavy atom. The van der Waals surface area contributed by atoms with Crippen molar-refractivity contribution in [1.82, 2.24) is 10.6 Å².